The summed E-state index contributed by atoms with van der Waals surface area (Å²) in [6, 6.07) is 13.1. The van der Waals surface area contributed by atoms with E-state index < -0.39 is 0 Å². The van der Waals surface area contributed by atoms with Gasteiger partial charge in [-0.05, 0) is 52.8 Å². The van der Waals surface area contributed by atoms with E-state index in [1.807, 2.05) is 43.3 Å². The molecule has 0 atom stereocenters. The molecule has 0 aliphatic carbocycles. The van der Waals surface area contributed by atoms with Crippen molar-refractivity contribution in [3.63, 3.8) is 0 Å². The number of hydrogen-bond acceptors (Lipinski definition) is 3. The summed E-state index contributed by atoms with van der Waals surface area (Å²) < 4.78 is 1.000. The number of hydrogen-bond donors (Lipinski definition) is 2. The maximum atomic E-state index is 11.7. The summed E-state index contributed by atoms with van der Waals surface area (Å²) in [7, 11) is 0. The molecule has 0 unspecified atom stereocenters. The molecule has 0 saturated carbocycles. The number of hydrazone groups is 1. The smallest absolute Gasteiger partial charge is 0.244 e. The van der Waals surface area contributed by atoms with E-state index in [2.05, 4.69) is 33.1 Å². The van der Waals surface area contributed by atoms with E-state index in [0.717, 1.165) is 14.7 Å². The van der Waals surface area contributed by atoms with Gasteiger partial charge in [0.1, 0.15) is 5.75 Å². The van der Waals surface area contributed by atoms with Gasteiger partial charge in [-0.1, -0.05) is 30.3 Å². The second-order valence-electron chi connectivity index (χ2n) is 4.62. The van der Waals surface area contributed by atoms with Crippen LogP contribution in [0.1, 0.15) is 16.7 Å². The van der Waals surface area contributed by atoms with Crippen molar-refractivity contribution >= 4 is 34.7 Å². The van der Waals surface area contributed by atoms with Crippen molar-refractivity contribution in [3.05, 3.63) is 62.7 Å². The minimum atomic E-state index is -0.195. The molecule has 0 spiro atoms. The number of carbonyl (C=O) groups excluding carboxylic acids is 1. The molecule has 1 amide bonds. The summed E-state index contributed by atoms with van der Waals surface area (Å²) in [6.45, 7) is 1.82. The summed E-state index contributed by atoms with van der Waals surface area (Å²) in [5.74, 6) is -0.0178. The van der Waals surface area contributed by atoms with Crippen molar-refractivity contribution in [2.75, 3.05) is 0 Å². The molecule has 2 rings (SSSR count). The quantitative estimate of drug-likeness (QED) is 0.476. The van der Waals surface area contributed by atoms with E-state index in [4.69, 9.17) is 0 Å². The second-order valence-corrected chi connectivity index (χ2v) is 5.86. The van der Waals surface area contributed by atoms with E-state index in [1.54, 1.807) is 6.07 Å². The first-order chi connectivity index (χ1) is 10.1. The van der Waals surface area contributed by atoms with Crippen molar-refractivity contribution in [3.8, 4) is 5.75 Å². The van der Waals surface area contributed by atoms with Crippen LogP contribution in [0.2, 0.25) is 0 Å². The largest absolute Gasteiger partial charge is 0.507 e. The van der Waals surface area contributed by atoms with Gasteiger partial charge in [0.05, 0.1) is 12.6 Å². The summed E-state index contributed by atoms with van der Waals surface area (Å²) >= 11 is 2.17. The molecule has 0 aliphatic rings. The zero-order valence-corrected chi connectivity index (χ0v) is 13.7. The number of phenolic OH excluding ortho intramolecular Hbond substituents is 1. The Hall–Kier alpha value is -1.89. The molecule has 5 heteroatoms. The summed E-state index contributed by atoms with van der Waals surface area (Å²) in [5.41, 5.74) is 4.75. The monoisotopic (exact) mass is 394 g/mol. The maximum Gasteiger partial charge on any atom is 0.244 e. The van der Waals surface area contributed by atoms with Gasteiger partial charge in [0.25, 0.3) is 0 Å². The standard InChI is InChI=1S/C16H15IN2O2/c1-11-7-14(17)9-13(16(11)21)10-18-19-15(20)8-12-5-3-2-4-6-12/h2-7,9-10,21H,8H2,1H3,(H,19,20)/b18-10-. The molecule has 0 aromatic heterocycles. The van der Waals surface area contributed by atoms with Gasteiger partial charge in [-0.3, -0.25) is 4.79 Å². The van der Waals surface area contributed by atoms with Crippen LogP contribution in [0.3, 0.4) is 0 Å². The Morgan fingerprint density at radius 3 is 2.76 bits per heavy atom. The van der Waals surface area contributed by atoms with Gasteiger partial charge in [0.15, 0.2) is 0 Å². The first-order valence-electron chi connectivity index (χ1n) is 6.41. The SMILES string of the molecule is Cc1cc(I)cc(/C=N\NC(=O)Cc2ccccc2)c1O. The zero-order valence-electron chi connectivity index (χ0n) is 11.5. The summed E-state index contributed by atoms with van der Waals surface area (Å²) in [4.78, 5) is 11.7. The van der Waals surface area contributed by atoms with E-state index in [9.17, 15) is 9.90 Å². The molecule has 108 valence electrons. The van der Waals surface area contributed by atoms with Crippen LogP contribution in [0.4, 0.5) is 0 Å². The molecule has 0 saturated heterocycles. The average Bonchev–Trinajstić information content (AvgIpc) is 2.45. The van der Waals surface area contributed by atoms with Gasteiger partial charge in [-0.25, -0.2) is 5.43 Å². The number of amides is 1. The van der Waals surface area contributed by atoms with E-state index >= 15 is 0 Å². The lowest BCUT2D eigenvalue weighted by Gasteiger charge is -2.04. The minimum Gasteiger partial charge on any atom is -0.507 e. The number of nitrogens with zero attached hydrogens (tertiary/aromatic N) is 1. The van der Waals surface area contributed by atoms with E-state index in [-0.39, 0.29) is 18.1 Å². The lowest BCUT2D eigenvalue weighted by molar-refractivity contribution is -0.120. The van der Waals surface area contributed by atoms with Crippen LogP contribution in [0.15, 0.2) is 47.6 Å². The molecule has 2 aromatic rings. The topological polar surface area (TPSA) is 61.7 Å². The fourth-order valence-electron chi connectivity index (χ4n) is 1.85. The number of halogens is 1. The number of carbonyl (C=O) groups is 1. The van der Waals surface area contributed by atoms with Gasteiger partial charge in [-0.15, -0.1) is 0 Å². The van der Waals surface area contributed by atoms with Gasteiger partial charge < -0.3 is 5.11 Å². The van der Waals surface area contributed by atoms with E-state index in [1.165, 1.54) is 6.21 Å². The highest BCUT2D eigenvalue weighted by atomic mass is 127. The Bertz CT molecular complexity index is 669. The fraction of sp³-hybridized carbons (Fsp3) is 0.125. The molecule has 21 heavy (non-hydrogen) atoms. The van der Waals surface area contributed by atoms with Crippen LogP contribution in [0, 0.1) is 10.5 Å². The third-order valence-corrected chi connectivity index (χ3v) is 3.52. The van der Waals surface area contributed by atoms with Crippen molar-refractivity contribution in [2.24, 2.45) is 5.10 Å². The van der Waals surface area contributed by atoms with Gasteiger partial charge in [0, 0.05) is 9.13 Å². The molecule has 0 bridgehead atoms. The average molecular weight is 394 g/mol. The number of benzene rings is 2. The highest BCUT2D eigenvalue weighted by Crippen LogP contribution is 2.23. The van der Waals surface area contributed by atoms with Gasteiger partial charge in [0.2, 0.25) is 5.91 Å². The first kappa shape index (κ1) is 15.5. The Labute approximate surface area is 137 Å². The molecule has 0 aliphatic heterocycles. The second kappa shape index (κ2) is 7.21. The Kier molecular flexibility index (Phi) is 5.32. The summed E-state index contributed by atoms with van der Waals surface area (Å²) in [5, 5.41) is 13.8. The number of rotatable bonds is 4. The fourth-order valence-corrected chi connectivity index (χ4v) is 2.66. The highest BCUT2D eigenvalue weighted by molar-refractivity contribution is 14.1. The predicted molar refractivity (Wildman–Crippen MR) is 91.4 cm³/mol. The van der Waals surface area contributed by atoms with Crippen molar-refractivity contribution in [2.45, 2.75) is 13.3 Å². The van der Waals surface area contributed by atoms with Crippen molar-refractivity contribution < 1.29 is 9.90 Å². The normalized spacial score (nSPS) is 10.8. The molecule has 2 aromatic carbocycles. The van der Waals surface area contributed by atoms with Crippen molar-refractivity contribution in [1.29, 1.82) is 0 Å². The lowest BCUT2D eigenvalue weighted by Crippen LogP contribution is -2.19. The highest BCUT2D eigenvalue weighted by Gasteiger charge is 2.05. The molecule has 4 nitrogen and oxygen atoms in total. The third-order valence-electron chi connectivity index (χ3n) is 2.90. The van der Waals surface area contributed by atoms with Crippen LogP contribution in [-0.4, -0.2) is 17.2 Å². The number of nitrogens with one attached hydrogen (secondary N) is 1. The van der Waals surface area contributed by atoms with Crippen LogP contribution in [0.25, 0.3) is 0 Å². The number of aromatic hydroxyl groups is 1. The molecule has 0 radical (unpaired) electrons. The van der Waals surface area contributed by atoms with E-state index in [0.29, 0.717) is 5.56 Å². The summed E-state index contributed by atoms with van der Waals surface area (Å²) in [6.07, 6.45) is 1.73. The minimum absolute atomic E-state index is 0.177. The first-order valence-corrected chi connectivity index (χ1v) is 7.49. The van der Waals surface area contributed by atoms with Crippen LogP contribution in [0.5, 0.6) is 5.75 Å². The molecule has 2 N–H and O–H groups in total. The molecule has 0 heterocycles. The van der Waals surface area contributed by atoms with Gasteiger partial charge >= 0.3 is 0 Å². The Balaban J connectivity index is 1.98. The number of phenols is 1. The molecule has 0 fully saturated rings. The van der Waals surface area contributed by atoms with Crippen LogP contribution >= 0.6 is 22.6 Å². The zero-order chi connectivity index (χ0) is 15.2. The molecular weight excluding hydrogens is 379 g/mol. The maximum absolute atomic E-state index is 11.7. The van der Waals surface area contributed by atoms with Gasteiger partial charge in [-0.2, -0.15) is 5.10 Å². The predicted octanol–water partition coefficient (Wildman–Crippen LogP) is 3.00. The number of aryl methyl sites for hydroxylation is 1. The molecular formula is C16H15IN2O2. The van der Waals surface area contributed by atoms with Crippen LogP contribution in [-0.2, 0) is 11.2 Å². The Morgan fingerprint density at radius 2 is 2.05 bits per heavy atom. The Morgan fingerprint density at radius 1 is 1.33 bits per heavy atom. The van der Waals surface area contributed by atoms with Crippen LogP contribution < -0.4 is 5.43 Å². The lowest BCUT2D eigenvalue weighted by atomic mass is 10.1. The van der Waals surface area contributed by atoms with Crippen molar-refractivity contribution in [1.82, 2.24) is 5.43 Å². The third kappa shape index (κ3) is 4.56.